The van der Waals surface area contributed by atoms with Crippen LogP contribution >= 0.6 is 0 Å². The van der Waals surface area contributed by atoms with Crippen LogP contribution in [0, 0.1) is 0 Å². The zero-order valence-corrected chi connectivity index (χ0v) is 15.2. The molecule has 4 nitrogen and oxygen atoms in total. The summed E-state index contributed by atoms with van der Waals surface area (Å²) < 4.78 is 19.0. The molecule has 5 heteroatoms. The molecule has 0 saturated carbocycles. The van der Waals surface area contributed by atoms with Gasteiger partial charge in [-0.05, 0) is 60.2 Å². The maximum atomic E-state index is 6.38. The fourth-order valence-electron chi connectivity index (χ4n) is 3.87. The Morgan fingerprint density at radius 3 is 2.05 bits per heavy atom. The van der Waals surface area contributed by atoms with Gasteiger partial charge in [0.2, 0.25) is 0 Å². The van der Waals surface area contributed by atoms with Crippen LogP contribution in [0.15, 0.2) is 0 Å². The van der Waals surface area contributed by atoms with Gasteiger partial charge in [0.1, 0.15) is 5.22 Å². The Balaban J connectivity index is 3.26. The van der Waals surface area contributed by atoms with Crippen molar-refractivity contribution in [2.24, 2.45) is 0 Å². The van der Waals surface area contributed by atoms with Gasteiger partial charge in [0.05, 0.1) is 0 Å². The van der Waals surface area contributed by atoms with E-state index in [9.17, 15) is 0 Å². The lowest BCUT2D eigenvalue weighted by Gasteiger charge is -2.54. The number of hydrogen-bond donors (Lipinski definition) is 0. The van der Waals surface area contributed by atoms with Gasteiger partial charge >= 0.3 is 8.56 Å². The summed E-state index contributed by atoms with van der Waals surface area (Å²) in [4.78, 5) is 2.30. The average molecular weight is 304 g/mol. The minimum atomic E-state index is -2.37. The molecule has 1 rings (SSSR count). The number of ether oxygens (including phenoxy) is 1. The molecule has 1 fully saturated rings. The molecule has 20 heavy (non-hydrogen) atoms. The summed E-state index contributed by atoms with van der Waals surface area (Å²) in [5.74, 6) is 0. The van der Waals surface area contributed by atoms with E-state index >= 15 is 0 Å². The molecule has 0 amide bonds. The monoisotopic (exact) mass is 303 g/mol. The second kappa shape index (κ2) is 7.89. The van der Waals surface area contributed by atoms with Crippen molar-refractivity contribution in [3.63, 3.8) is 0 Å². The Hall–Kier alpha value is 0.0569. The van der Waals surface area contributed by atoms with Crippen LogP contribution in [-0.2, 0) is 13.6 Å². The summed E-state index contributed by atoms with van der Waals surface area (Å²) in [5.41, 5.74) is 0. The van der Waals surface area contributed by atoms with Gasteiger partial charge in [-0.1, -0.05) is 6.92 Å². The van der Waals surface area contributed by atoms with Crippen molar-refractivity contribution >= 4 is 8.56 Å². The standard InChI is InChI=1S/C15H33NO3Si/c1-7-15(17-8-2)14(16(5)6)12-11-13-20(15,18-9-3)19-10-4/h14H,7-13H2,1-6H3. The molecule has 120 valence electrons. The maximum Gasteiger partial charge on any atom is 0.372 e. The van der Waals surface area contributed by atoms with Gasteiger partial charge in [-0.15, -0.1) is 0 Å². The fraction of sp³-hybridized carbons (Fsp3) is 1.00. The van der Waals surface area contributed by atoms with Crippen molar-refractivity contribution < 1.29 is 13.6 Å². The van der Waals surface area contributed by atoms with Gasteiger partial charge in [-0.2, -0.15) is 0 Å². The summed E-state index contributed by atoms with van der Waals surface area (Å²) in [6.45, 7) is 10.6. The van der Waals surface area contributed by atoms with Crippen molar-refractivity contribution in [2.45, 2.75) is 64.3 Å². The molecule has 1 saturated heterocycles. The van der Waals surface area contributed by atoms with E-state index in [1.807, 2.05) is 0 Å². The summed E-state index contributed by atoms with van der Waals surface area (Å²) in [6, 6.07) is 1.43. The van der Waals surface area contributed by atoms with Crippen molar-refractivity contribution in [1.29, 1.82) is 0 Å². The van der Waals surface area contributed by atoms with Gasteiger partial charge in [0.25, 0.3) is 0 Å². The van der Waals surface area contributed by atoms with E-state index < -0.39 is 8.56 Å². The second-order valence-electron chi connectivity index (χ2n) is 5.67. The first-order valence-electron chi connectivity index (χ1n) is 8.11. The first-order valence-corrected chi connectivity index (χ1v) is 10.1. The number of rotatable bonds is 8. The highest BCUT2D eigenvalue weighted by molar-refractivity contribution is 6.71. The van der Waals surface area contributed by atoms with E-state index in [0.29, 0.717) is 25.9 Å². The molecule has 0 N–H and O–H groups in total. The predicted molar refractivity (Wildman–Crippen MR) is 85.2 cm³/mol. The zero-order chi connectivity index (χ0) is 15.2. The van der Waals surface area contributed by atoms with Gasteiger partial charge in [-0.3, -0.25) is 0 Å². The van der Waals surface area contributed by atoms with Crippen LogP contribution in [0.4, 0.5) is 0 Å². The molecule has 0 aromatic carbocycles. The van der Waals surface area contributed by atoms with E-state index in [1.165, 1.54) is 6.42 Å². The molecule has 2 atom stereocenters. The van der Waals surface area contributed by atoms with Crippen LogP contribution in [0.1, 0.15) is 47.0 Å². The molecule has 1 heterocycles. The fourth-order valence-corrected chi connectivity index (χ4v) is 8.57. The molecule has 1 aliphatic rings. The minimum absolute atomic E-state index is 0.254. The smallest absolute Gasteiger partial charge is 0.372 e. The van der Waals surface area contributed by atoms with Gasteiger partial charge < -0.3 is 18.5 Å². The van der Waals surface area contributed by atoms with Crippen molar-refractivity contribution in [1.82, 2.24) is 4.90 Å². The van der Waals surface area contributed by atoms with Crippen LogP contribution in [0.25, 0.3) is 0 Å². The lowest BCUT2D eigenvalue weighted by atomic mass is 10.0. The van der Waals surface area contributed by atoms with E-state index in [1.54, 1.807) is 0 Å². The number of hydrogen-bond acceptors (Lipinski definition) is 4. The first-order chi connectivity index (χ1) is 9.53. The third-order valence-corrected chi connectivity index (χ3v) is 9.11. The quantitative estimate of drug-likeness (QED) is 0.645. The Morgan fingerprint density at radius 2 is 1.65 bits per heavy atom. The molecule has 0 aliphatic carbocycles. The molecule has 0 aromatic rings. The highest BCUT2D eigenvalue weighted by Crippen LogP contribution is 2.44. The first kappa shape index (κ1) is 18.1. The highest BCUT2D eigenvalue weighted by Gasteiger charge is 2.64. The SMILES string of the molecule is CCOC1(CC)C(N(C)C)CCC[Si]1(OCC)OCC. The predicted octanol–water partition coefficient (Wildman–Crippen LogP) is 2.95. The summed E-state index contributed by atoms with van der Waals surface area (Å²) in [7, 11) is 1.93. The molecule has 1 aliphatic heterocycles. The Kier molecular flexibility index (Phi) is 7.15. The van der Waals surface area contributed by atoms with Crippen molar-refractivity contribution in [3.8, 4) is 0 Å². The molecule has 0 bridgehead atoms. The van der Waals surface area contributed by atoms with Crippen LogP contribution in [0.5, 0.6) is 0 Å². The Morgan fingerprint density at radius 1 is 1.05 bits per heavy atom. The zero-order valence-electron chi connectivity index (χ0n) is 14.2. The summed E-state index contributed by atoms with van der Waals surface area (Å²) in [6.07, 6.45) is 3.29. The molecular formula is C15H33NO3Si. The molecule has 0 aromatic heterocycles. The van der Waals surface area contributed by atoms with E-state index in [2.05, 4.69) is 46.7 Å². The summed E-state index contributed by atoms with van der Waals surface area (Å²) >= 11 is 0. The third-order valence-electron chi connectivity index (χ3n) is 4.47. The van der Waals surface area contributed by atoms with Gasteiger partial charge in [0, 0.05) is 25.9 Å². The topological polar surface area (TPSA) is 30.9 Å². The van der Waals surface area contributed by atoms with Crippen LogP contribution in [-0.4, -0.2) is 58.6 Å². The lowest BCUT2D eigenvalue weighted by molar-refractivity contribution is -0.0840. The van der Waals surface area contributed by atoms with E-state index in [4.69, 9.17) is 13.6 Å². The lowest BCUT2D eigenvalue weighted by Crippen LogP contribution is -2.73. The number of likely N-dealkylation sites (N-methyl/N-ethyl adjacent to an activating group) is 1. The van der Waals surface area contributed by atoms with Gasteiger partial charge in [-0.25, -0.2) is 0 Å². The molecule has 0 radical (unpaired) electrons. The maximum absolute atomic E-state index is 6.38. The van der Waals surface area contributed by atoms with Crippen LogP contribution in [0.2, 0.25) is 6.04 Å². The highest BCUT2D eigenvalue weighted by atomic mass is 28.4. The van der Waals surface area contributed by atoms with E-state index in [-0.39, 0.29) is 5.22 Å². The van der Waals surface area contributed by atoms with Crippen molar-refractivity contribution in [3.05, 3.63) is 0 Å². The third kappa shape index (κ3) is 3.12. The summed E-state index contributed by atoms with van der Waals surface area (Å²) in [5, 5.41) is -0.254. The second-order valence-corrected chi connectivity index (χ2v) is 9.10. The Bertz CT molecular complexity index is 277. The van der Waals surface area contributed by atoms with Gasteiger partial charge in [0.15, 0.2) is 0 Å². The largest absolute Gasteiger partial charge is 0.393 e. The molecule has 2 unspecified atom stereocenters. The van der Waals surface area contributed by atoms with Crippen molar-refractivity contribution in [2.75, 3.05) is 33.9 Å². The van der Waals surface area contributed by atoms with E-state index in [0.717, 1.165) is 18.9 Å². The average Bonchev–Trinajstić information content (AvgIpc) is 2.41. The van der Waals surface area contributed by atoms with Crippen LogP contribution in [0.3, 0.4) is 0 Å². The molecular weight excluding hydrogens is 270 g/mol. The minimum Gasteiger partial charge on any atom is -0.393 e. The normalized spacial score (nSPS) is 29.9. The van der Waals surface area contributed by atoms with Crippen LogP contribution < -0.4 is 0 Å². The molecule has 0 spiro atoms. The number of nitrogens with zero attached hydrogens (tertiary/aromatic N) is 1. The Labute approximate surface area is 126 Å².